The second-order valence-electron chi connectivity index (χ2n) is 3.97. The summed E-state index contributed by atoms with van der Waals surface area (Å²) in [4.78, 5) is 0. The molecule has 2 heteroatoms. The van der Waals surface area contributed by atoms with E-state index in [1.165, 1.54) is 38.5 Å². The molecule has 0 saturated heterocycles. The Bertz CT molecular complexity index is 111. The lowest BCUT2D eigenvalue weighted by atomic mass is 9.99. The third-order valence-corrected chi connectivity index (χ3v) is 2.94. The third kappa shape index (κ3) is 3.65. The molecule has 2 atom stereocenters. The zero-order chi connectivity index (χ0) is 9.52. The lowest BCUT2D eigenvalue weighted by Crippen LogP contribution is -2.19. The molecule has 1 fully saturated rings. The molecule has 0 radical (unpaired) electrons. The van der Waals surface area contributed by atoms with Gasteiger partial charge in [0.05, 0.1) is 19.3 Å². The van der Waals surface area contributed by atoms with Gasteiger partial charge in [-0.2, -0.15) is 0 Å². The van der Waals surface area contributed by atoms with Crippen molar-refractivity contribution in [1.82, 2.24) is 0 Å². The van der Waals surface area contributed by atoms with Gasteiger partial charge in [0, 0.05) is 0 Å². The summed E-state index contributed by atoms with van der Waals surface area (Å²) in [6.45, 7) is 2.92. The monoisotopic (exact) mass is 186 g/mol. The molecule has 78 valence electrons. The van der Waals surface area contributed by atoms with Gasteiger partial charge in [0.1, 0.15) is 0 Å². The zero-order valence-electron chi connectivity index (χ0n) is 8.67. The van der Waals surface area contributed by atoms with Gasteiger partial charge >= 0.3 is 0 Å². The van der Waals surface area contributed by atoms with E-state index in [0.29, 0.717) is 12.7 Å². The van der Waals surface area contributed by atoms with Crippen LogP contribution in [0.5, 0.6) is 0 Å². The molecule has 0 aromatic heterocycles. The van der Waals surface area contributed by atoms with Crippen molar-refractivity contribution in [2.24, 2.45) is 5.92 Å². The van der Waals surface area contributed by atoms with Crippen molar-refractivity contribution in [2.45, 2.75) is 51.6 Å². The highest BCUT2D eigenvalue weighted by Crippen LogP contribution is 2.31. The zero-order valence-corrected chi connectivity index (χ0v) is 8.67. The Kier molecular flexibility index (Phi) is 5.40. The van der Waals surface area contributed by atoms with Crippen molar-refractivity contribution in [3.63, 3.8) is 0 Å². The van der Waals surface area contributed by atoms with Crippen LogP contribution < -0.4 is 0 Å². The highest BCUT2D eigenvalue weighted by atomic mass is 16.5. The smallest absolute Gasteiger partial charge is 0.0701 e. The highest BCUT2D eigenvalue weighted by molar-refractivity contribution is 4.77. The number of aliphatic hydroxyl groups is 1. The second-order valence-corrected chi connectivity index (χ2v) is 3.97. The molecule has 1 rings (SSSR count). The minimum absolute atomic E-state index is 0.164. The Labute approximate surface area is 81.3 Å². The third-order valence-electron chi connectivity index (χ3n) is 2.94. The maximum Gasteiger partial charge on any atom is 0.0701 e. The summed E-state index contributed by atoms with van der Waals surface area (Å²) < 4.78 is 5.61. The molecule has 0 aliphatic heterocycles. The van der Waals surface area contributed by atoms with Crippen LogP contribution in [0.25, 0.3) is 0 Å². The molecule has 13 heavy (non-hydrogen) atoms. The van der Waals surface area contributed by atoms with Crippen LogP contribution in [0.15, 0.2) is 0 Å². The molecule has 1 saturated carbocycles. The molecule has 0 heterocycles. The fourth-order valence-electron chi connectivity index (χ4n) is 2.22. The van der Waals surface area contributed by atoms with Crippen LogP contribution in [-0.4, -0.2) is 24.4 Å². The van der Waals surface area contributed by atoms with Crippen LogP contribution >= 0.6 is 0 Å². The Hall–Kier alpha value is -0.0800. The van der Waals surface area contributed by atoms with E-state index in [1.807, 2.05) is 0 Å². The molecular formula is C11H22O2. The SMILES string of the molecule is CCCCC1CCCC1OCCO. The van der Waals surface area contributed by atoms with Gasteiger partial charge in [0.15, 0.2) is 0 Å². The molecule has 0 amide bonds. The summed E-state index contributed by atoms with van der Waals surface area (Å²) in [6.07, 6.45) is 8.20. The number of ether oxygens (including phenoxy) is 1. The minimum Gasteiger partial charge on any atom is -0.394 e. The van der Waals surface area contributed by atoms with Crippen LogP contribution in [0.4, 0.5) is 0 Å². The van der Waals surface area contributed by atoms with Gasteiger partial charge < -0.3 is 9.84 Å². The van der Waals surface area contributed by atoms with Crippen LogP contribution in [0, 0.1) is 5.92 Å². The van der Waals surface area contributed by atoms with Gasteiger partial charge in [-0.1, -0.05) is 26.2 Å². The number of hydrogen-bond acceptors (Lipinski definition) is 2. The number of hydrogen-bond donors (Lipinski definition) is 1. The largest absolute Gasteiger partial charge is 0.394 e. The van der Waals surface area contributed by atoms with Gasteiger partial charge in [-0.15, -0.1) is 0 Å². The molecule has 2 nitrogen and oxygen atoms in total. The van der Waals surface area contributed by atoms with Crippen molar-refractivity contribution < 1.29 is 9.84 Å². The molecule has 1 aliphatic carbocycles. The van der Waals surface area contributed by atoms with Crippen molar-refractivity contribution in [1.29, 1.82) is 0 Å². The maximum atomic E-state index is 8.66. The first-order chi connectivity index (χ1) is 6.38. The maximum absolute atomic E-state index is 8.66. The number of aliphatic hydroxyl groups excluding tert-OH is 1. The van der Waals surface area contributed by atoms with Crippen molar-refractivity contribution >= 4 is 0 Å². The Morgan fingerprint density at radius 2 is 2.23 bits per heavy atom. The summed E-state index contributed by atoms with van der Waals surface area (Å²) >= 11 is 0. The molecule has 1 N–H and O–H groups in total. The summed E-state index contributed by atoms with van der Waals surface area (Å²) in [5.41, 5.74) is 0. The molecule has 0 bridgehead atoms. The van der Waals surface area contributed by atoms with Crippen LogP contribution in [0.1, 0.15) is 45.4 Å². The Morgan fingerprint density at radius 3 is 2.92 bits per heavy atom. The number of unbranched alkanes of at least 4 members (excludes halogenated alkanes) is 1. The normalized spacial score (nSPS) is 28.2. The summed E-state index contributed by atoms with van der Waals surface area (Å²) in [5.74, 6) is 0.770. The van der Waals surface area contributed by atoms with Gasteiger partial charge in [-0.3, -0.25) is 0 Å². The average Bonchev–Trinajstić information content (AvgIpc) is 2.59. The van der Waals surface area contributed by atoms with Crippen molar-refractivity contribution in [3.05, 3.63) is 0 Å². The van der Waals surface area contributed by atoms with Gasteiger partial charge in [0.2, 0.25) is 0 Å². The standard InChI is InChI=1S/C11H22O2/c1-2-3-5-10-6-4-7-11(10)13-9-8-12/h10-12H,2-9H2,1H3. The lowest BCUT2D eigenvalue weighted by molar-refractivity contribution is 0.00561. The van der Waals surface area contributed by atoms with E-state index in [-0.39, 0.29) is 6.61 Å². The first kappa shape index (κ1) is 11.0. The Balaban J connectivity index is 2.18. The van der Waals surface area contributed by atoms with Crippen LogP contribution in [0.3, 0.4) is 0 Å². The Morgan fingerprint density at radius 1 is 1.38 bits per heavy atom. The van der Waals surface area contributed by atoms with E-state index in [1.54, 1.807) is 0 Å². The fourth-order valence-corrected chi connectivity index (χ4v) is 2.22. The molecule has 0 aromatic carbocycles. The van der Waals surface area contributed by atoms with E-state index in [2.05, 4.69) is 6.92 Å². The molecule has 2 unspecified atom stereocenters. The lowest BCUT2D eigenvalue weighted by Gasteiger charge is -2.19. The first-order valence-electron chi connectivity index (χ1n) is 5.61. The predicted molar refractivity (Wildman–Crippen MR) is 53.7 cm³/mol. The van der Waals surface area contributed by atoms with Crippen molar-refractivity contribution in [2.75, 3.05) is 13.2 Å². The van der Waals surface area contributed by atoms with E-state index >= 15 is 0 Å². The van der Waals surface area contributed by atoms with Crippen molar-refractivity contribution in [3.8, 4) is 0 Å². The second kappa shape index (κ2) is 6.39. The molecular weight excluding hydrogens is 164 g/mol. The first-order valence-corrected chi connectivity index (χ1v) is 5.61. The molecule has 1 aliphatic rings. The predicted octanol–water partition coefficient (Wildman–Crippen LogP) is 2.35. The quantitative estimate of drug-likeness (QED) is 0.690. The van der Waals surface area contributed by atoms with Gasteiger partial charge in [-0.25, -0.2) is 0 Å². The minimum atomic E-state index is 0.164. The average molecular weight is 186 g/mol. The molecule has 0 aromatic rings. The summed E-state index contributed by atoms with van der Waals surface area (Å²) in [6, 6.07) is 0. The summed E-state index contributed by atoms with van der Waals surface area (Å²) in [5, 5.41) is 8.66. The topological polar surface area (TPSA) is 29.5 Å². The molecule has 0 spiro atoms. The number of rotatable bonds is 6. The van der Waals surface area contributed by atoms with E-state index < -0.39 is 0 Å². The van der Waals surface area contributed by atoms with E-state index in [9.17, 15) is 0 Å². The van der Waals surface area contributed by atoms with E-state index in [0.717, 1.165) is 5.92 Å². The fraction of sp³-hybridized carbons (Fsp3) is 1.00. The summed E-state index contributed by atoms with van der Waals surface area (Å²) in [7, 11) is 0. The van der Waals surface area contributed by atoms with Gasteiger partial charge in [0.25, 0.3) is 0 Å². The highest BCUT2D eigenvalue weighted by Gasteiger charge is 2.26. The van der Waals surface area contributed by atoms with Crippen LogP contribution in [0.2, 0.25) is 0 Å². The van der Waals surface area contributed by atoms with Gasteiger partial charge in [-0.05, 0) is 25.2 Å². The van der Waals surface area contributed by atoms with E-state index in [4.69, 9.17) is 9.84 Å². The van der Waals surface area contributed by atoms with Crippen LogP contribution in [-0.2, 0) is 4.74 Å².